The van der Waals surface area contributed by atoms with E-state index in [2.05, 4.69) is 25.2 Å². The van der Waals surface area contributed by atoms with E-state index in [4.69, 9.17) is 15.2 Å². The molecule has 0 unspecified atom stereocenters. The predicted octanol–water partition coefficient (Wildman–Crippen LogP) is 1.25. The summed E-state index contributed by atoms with van der Waals surface area (Å²) < 4.78 is 11.1. The van der Waals surface area contributed by atoms with Gasteiger partial charge < -0.3 is 20.5 Å². The third-order valence-corrected chi connectivity index (χ3v) is 2.44. The molecule has 0 bridgehead atoms. The van der Waals surface area contributed by atoms with Gasteiger partial charge in [0.15, 0.2) is 0 Å². The van der Waals surface area contributed by atoms with Gasteiger partial charge in [-0.05, 0) is 37.1 Å². The van der Waals surface area contributed by atoms with Crippen LogP contribution in [0.5, 0.6) is 5.75 Å². The van der Waals surface area contributed by atoms with Crippen LogP contribution in [0.1, 0.15) is 11.1 Å². The molecule has 18 heavy (non-hydrogen) atoms. The molecule has 0 radical (unpaired) electrons. The first-order chi connectivity index (χ1) is 8.72. The zero-order chi connectivity index (χ0) is 13.2. The van der Waals surface area contributed by atoms with Crippen molar-refractivity contribution in [2.24, 2.45) is 5.73 Å². The summed E-state index contributed by atoms with van der Waals surface area (Å²) in [4.78, 5) is 0. The summed E-state index contributed by atoms with van der Waals surface area (Å²) in [6.45, 7) is 8.35. The Labute approximate surface area is 109 Å². The number of hydrogen-bond donors (Lipinski definition) is 2. The molecule has 0 aliphatic rings. The van der Waals surface area contributed by atoms with Crippen LogP contribution < -0.4 is 15.8 Å². The Kier molecular flexibility index (Phi) is 7.41. The van der Waals surface area contributed by atoms with Crippen LogP contribution >= 0.6 is 0 Å². The van der Waals surface area contributed by atoms with Gasteiger partial charge in [-0.2, -0.15) is 0 Å². The molecule has 0 atom stereocenters. The molecule has 1 aromatic carbocycles. The van der Waals surface area contributed by atoms with Crippen molar-refractivity contribution in [1.29, 1.82) is 0 Å². The van der Waals surface area contributed by atoms with Crippen LogP contribution in [0.25, 0.3) is 0 Å². The van der Waals surface area contributed by atoms with Gasteiger partial charge in [-0.15, -0.1) is 0 Å². The van der Waals surface area contributed by atoms with Crippen LogP contribution in [0.2, 0.25) is 0 Å². The highest BCUT2D eigenvalue weighted by Crippen LogP contribution is 2.15. The maximum atomic E-state index is 5.63. The molecule has 3 N–H and O–H groups in total. The van der Waals surface area contributed by atoms with Crippen LogP contribution in [0.4, 0.5) is 0 Å². The lowest BCUT2D eigenvalue weighted by atomic mass is 10.1. The van der Waals surface area contributed by atoms with Gasteiger partial charge in [-0.3, -0.25) is 0 Å². The monoisotopic (exact) mass is 252 g/mol. The van der Waals surface area contributed by atoms with Gasteiger partial charge >= 0.3 is 0 Å². The predicted molar refractivity (Wildman–Crippen MR) is 74.2 cm³/mol. The Morgan fingerprint density at radius 2 is 1.72 bits per heavy atom. The van der Waals surface area contributed by atoms with E-state index in [0.29, 0.717) is 26.4 Å². The fourth-order valence-electron chi connectivity index (χ4n) is 1.71. The largest absolute Gasteiger partial charge is 0.491 e. The van der Waals surface area contributed by atoms with Gasteiger partial charge in [-0.1, -0.05) is 6.07 Å². The Hall–Kier alpha value is -1.10. The first-order valence-corrected chi connectivity index (χ1v) is 6.42. The van der Waals surface area contributed by atoms with Crippen LogP contribution in [-0.2, 0) is 4.74 Å². The highest BCUT2D eigenvalue weighted by molar-refractivity contribution is 5.32. The molecule has 0 amide bonds. The quantitative estimate of drug-likeness (QED) is 0.649. The molecule has 0 saturated heterocycles. The summed E-state index contributed by atoms with van der Waals surface area (Å²) in [6.07, 6.45) is 0. The standard InChI is InChI=1S/C14H24N2O2/c1-12-9-13(2)11-14(10-12)18-8-7-17-6-5-16-4-3-15/h9-11,16H,3-8,15H2,1-2H3. The van der Waals surface area contributed by atoms with E-state index in [1.807, 2.05) is 12.1 Å². The minimum atomic E-state index is 0.583. The van der Waals surface area contributed by atoms with Gasteiger partial charge in [-0.25, -0.2) is 0 Å². The highest BCUT2D eigenvalue weighted by atomic mass is 16.5. The van der Waals surface area contributed by atoms with E-state index in [9.17, 15) is 0 Å². The lowest BCUT2D eigenvalue weighted by Crippen LogP contribution is -2.26. The fraction of sp³-hybridized carbons (Fsp3) is 0.571. The number of ether oxygens (including phenoxy) is 2. The Balaban J connectivity index is 2.07. The maximum absolute atomic E-state index is 5.63. The third kappa shape index (κ3) is 6.59. The summed E-state index contributed by atoms with van der Waals surface area (Å²) in [7, 11) is 0. The number of rotatable bonds is 9. The topological polar surface area (TPSA) is 56.5 Å². The van der Waals surface area contributed by atoms with Gasteiger partial charge in [0.25, 0.3) is 0 Å². The van der Waals surface area contributed by atoms with Crippen molar-refractivity contribution in [2.45, 2.75) is 13.8 Å². The SMILES string of the molecule is Cc1cc(C)cc(OCCOCCNCCN)c1. The first kappa shape index (κ1) is 15.0. The van der Waals surface area contributed by atoms with Crippen molar-refractivity contribution in [3.63, 3.8) is 0 Å². The minimum absolute atomic E-state index is 0.583. The van der Waals surface area contributed by atoms with Crippen LogP contribution in [-0.4, -0.2) is 39.5 Å². The zero-order valence-corrected chi connectivity index (χ0v) is 11.4. The summed E-state index contributed by atoms with van der Waals surface area (Å²) in [5, 5.41) is 3.17. The Morgan fingerprint density at radius 1 is 1.00 bits per heavy atom. The minimum Gasteiger partial charge on any atom is -0.491 e. The molecule has 4 nitrogen and oxygen atoms in total. The van der Waals surface area contributed by atoms with Crippen LogP contribution in [0.3, 0.4) is 0 Å². The van der Waals surface area contributed by atoms with Gasteiger partial charge in [0.1, 0.15) is 12.4 Å². The van der Waals surface area contributed by atoms with Crippen LogP contribution in [0, 0.1) is 13.8 Å². The first-order valence-electron chi connectivity index (χ1n) is 6.42. The lowest BCUT2D eigenvalue weighted by Gasteiger charge is -2.09. The lowest BCUT2D eigenvalue weighted by molar-refractivity contribution is 0.102. The molecular formula is C14H24N2O2. The maximum Gasteiger partial charge on any atom is 0.119 e. The van der Waals surface area contributed by atoms with E-state index in [1.165, 1.54) is 11.1 Å². The van der Waals surface area contributed by atoms with Gasteiger partial charge in [0, 0.05) is 19.6 Å². The van der Waals surface area contributed by atoms with E-state index in [-0.39, 0.29) is 0 Å². The van der Waals surface area contributed by atoms with E-state index < -0.39 is 0 Å². The number of nitrogens with one attached hydrogen (secondary N) is 1. The van der Waals surface area contributed by atoms with Gasteiger partial charge in [0.05, 0.1) is 13.2 Å². The highest BCUT2D eigenvalue weighted by Gasteiger charge is 1.96. The molecule has 0 fully saturated rings. The van der Waals surface area contributed by atoms with E-state index in [1.54, 1.807) is 0 Å². The molecular weight excluding hydrogens is 228 g/mol. The van der Waals surface area contributed by atoms with Crippen molar-refractivity contribution in [3.8, 4) is 5.75 Å². The van der Waals surface area contributed by atoms with Crippen molar-refractivity contribution < 1.29 is 9.47 Å². The summed E-state index contributed by atoms with van der Waals surface area (Å²) in [6, 6.07) is 6.21. The van der Waals surface area contributed by atoms with Gasteiger partial charge in [0.2, 0.25) is 0 Å². The molecule has 0 heterocycles. The summed E-state index contributed by atoms with van der Waals surface area (Å²) in [5.41, 5.74) is 7.80. The third-order valence-electron chi connectivity index (χ3n) is 2.44. The molecule has 1 aromatic rings. The smallest absolute Gasteiger partial charge is 0.119 e. The average molecular weight is 252 g/mol. The second-order valence-electron chi connectivity index (χ2n) is 4.32. The number of hydrogen-bond acceptors (Lipinski definition) is 4. The zero-order valence-electron chi connectivity index (χ0n) is 11.4. The van der Waals surface area contributed by atoms with Crippen LogP contribution in [0.15, 0.2) is 18.2 Å². The molecule has 1 rings (SSSR count). The average Bonchev–Trinajstić information content (AvgIpc) is 2.31. The van der Waals surface area contributed by atoms with Crippen molar-refractivity contribution in [2.75, 3.05) is 39.5 Å². The summed E-state index contributed by atoms with van der Waals surface area (Å²) >= 11 is 0. The van der Waals surface area contributed by atoms with E-state index >= 15 is 0 Å². The van der Waals surface area contributed by atoms with Crippen molar-refractivity contribution in [3.05, 3.63) is 29.3 Å². The fourth-order valence-corrected chi connectivity index (χ4v) is 1.71. The molecule has 102 valence electrons. The normalized spacial score (nSPS) is 10.6. The Bertz CT molecular complexity index is 322. The number of nitrogens with two attached hydrogens (primary N) is 1. The molecule has 0 aliphatic heterocycles. The molecule has 0 saturated carbocycles. The molecule has 4 heteroatoms. The van der Waals surface area contributed by atoms with Crippen molar-refractivity contribution in [1.82, 2.24) is 5.32 Å². The second kappa shape index (κ2) is 8.91. The number of aryl methyl sites for hydroxylation is 2. The second-order valence-corrected chi connectivity index (χ2v) is 4.32. The Morgan fingerprint density at radius 3 is 2.39 bits per heavy atom. The molecule has 0 spiro atoms. The molecule has 0 aromatic heterocycles. The summed E-state index contributed by atoms with van der Waals surface area (Å²) in [5.74, 6) is 0.914. The number of benzene rings is 1. The van der Waals surface area contributed by atoms with E-state index in [0.717, 1.165) is 18.8 Å². The molecule has 0 aliphatic carbocycles. The van der Waals surface area contributed by atoms with Crippen molar-refractivity contribution >= 4 is 0 Å².